The van der Waals surface area contributed by atoms with Gasteiger partial charge in [-0.1, -0.05) is 29.8 Å². The molecule has 0 bridgehead atoms. The molecule has 23 heavy (non-hydrogen) atoms. The van der Waals surface area contributed by atoms with Crippen LogP contribution in [-0.4, -0.2) is 35.3 Å². The molecule has 0 aliphatic carbocycles. The van der Waals surface area contributed by atoms with Crippen LogP contribution in [0.25, 0.3) is 0 Å². The lowest BCUT2D eigenvalue weighted by Gasteiger charge is -2.22. The zero-order valence-corrected chi connectivity index (χ0v) is 14.9. The Balaban J connectivity index is 1.63. The summed E-state index contributed by atoms with van der Waals surface area (Å²) in [6, 6.07) is 9.92. The summed E-state index contributed by atoms with van der Waals surface area (Å²) in [5.74, 6) is 0.218. The molecule has 3 rings (SSSR count). The predicted molar refractivity (Wildman–Crippen MR) is 95.8 cm³/mol. The molecule has 1 aromatic heterocycles. The van der Waals surface area contributed by atoms with Crippen LogP contribution < -0.4 is 0 Å². The van der Waals surface area contributed by atoms with Crippen LogP contribution in [0.3, 0.4) is 0 Å². The maximum Gasteiger partial charge on any atom is 0.224 e. The van der Waals surface area contributed by atoms with Gasteiger partial charge in [-0.15, -0.1) is 11.3 Å². The second kappa shape index (κ2) is 7.47. The van der Waals surface area contributed by atoms with Gasteiger partial charge >= 0.3 is 0 Å². The largest absolute Gasteiger partial charge is 0.337 e. The molecule has 3 nitrogen and oxygen atoms in total. The molecule has 0 N–H and O–H groups in total. The first-order valence-electron chi connectivity index (χ1n) is 7.90. The fourth-order valence-electron chi connectivity index (χ4n) is 2.84. The number of nitrogens with zero attached hydrogens (tertiary/aromatic N) is 2. The van der Waals surface area contributed by atoms with Gasteiger partial charge in [-0.2, -0.15) is 0 Å². The Morgan fingerprint density at radius 2 is 1.96 bits per heavy atom. The van der Waals surface area contributed by atoms with Crippen molar-refractivity contribution in [1.82, 2.24) is 9.80 Å². The highest BCUT2D eigenvalue weighted by atomic mass is 35.5. The minimum Gasteiger partial charge on any atom is -0.337 e. The lowest BCUT2D eigenvalue weighted by Crippen LogP contribution is -2.32. The summed E-state index contributed by atoms with van der Waals surface area (Å²) >= 11 is 8.02. The first kappa shape index (κ1) is 16.5. The Labute approximate surface area is 146 Å². The van der Waals surface area contributed by atoms with E-state index in [0.29, 0.717) is 13.0 Å². The zero-order valence-electron chi connectivity index (χ0n) is 13.3. The standard InChI is InChI=1S/C18H21ClN2OS/c1-14-7-11-23-17(14)13-20-8-6-18(22)21(10-9-20)12-15-4-2-3-5-16(15)19/h2-5,7,11H,6,8-10,12-13H2,1H3. The van der Waals surface area contributed by atoms with Gasteiger partial charge in [0.1, 0.15) is 0 Å². The topological polar surface area (TPSA) is 23.6 Å². The highest BCUT2D eigenvalue weighted by Crippen LogP contribution is 2.21. The quantitative estimate of drug-likeness (QED) is 0.835. The summed E-state index contributed by atoms with van der Waals surface area (Å²) in [5.41, 5.74) is 2.36. The van der Waals surface area contributed by atoms with Gasteiger partial charge in [0.05, 0.1) is 0 Å². The van der Waals surface area contributed by atoms with Gasteiger partial charge in [0.25, 0.3) is 0 Å². The van der Waals surface area contributed by atoms with E-state index in [1.165, 1.54) is 10.4 Å². The third-order valence-electron chi connectivity index (χ3n) is 4.34. The van der Waals surface area contributed by atoms with E-state index in [2.05, 4.69) is 23.3 Å². The van der Waals surface area contributed by atoms with Crippen LogP contribution in [0.4, 0.5) is 0 Å². The number of hydrogen-bond donors (Lipinski definition) is 0. The molecular formula is C18H21ClN2OS. The molecule has 0 unspecified atom stereocenters. The van der Waals surface area contributed by atoms with Crippen molar-refractivity contribution in [3.05, 3.63) is 56.7 Å². The second-order valence-corrected chi connectivity index (χ2v) is 7.37. The van der Waals surface area contributed by atoms with E-state index in [1.807, 2.05) is 29.2 Å². The molecule has 1 fully saturated rings. The molecule has 0 atom stereocenters. The fraction of sp³-hybridized carbons (Fsp3) is 0.389. The fourth-order valence-corrected chi connectivity index (χ4v) is 3.98. The third kappa shape index (κ3) is 4.14. The highest BCUT2D eigenvalue weighted by Gasteiger charge is 2.22. The van der Waals surface area contributed by atoms with E-state index < -0.39 is 0 Å². The lowest BCUT2D eigenvalue weighted by molar-refractivity contribution is -0.130. The molecule has 122 valence electrons. The van der Waals surface area contributed by atoms with E-state index in [0.717, 1.165) is 36.8 Å². The summed E-state index contributed by atoms with van der Waals surface area (Å²) in [5, 5.41) is 2.87. The minimum absolute atomic E-state index is 0.218. The minimum atomic E-state index is 0.218. The normalized spacial score (nSPS) is 16.6. The molecule has 1 saturated heterocycles. The summed E-state index contributed by atoms with van der Waals surface area (Å²) in [6.45, 7) is 6.19. The molecule has 1 aliphatic heterocycles. The van der Waals surface area contributed by atoms with Crippen LogP contribution in [-0.2, 0) is 17.9 Å². The number of hydrogen-bond acceptors (Lipinski definition) is 3. The van der Waals surface area contributed by atoms with Crippen LogP contribution in [0.2, 0.25) is 5.02 Å². The first-order valence-corrected chi connectivity index (χ1v) is 9.16. The number of carbonyl (C=O) groups is 1. The molecule has 0 radical (unpaired) electrons. The van der Waals surface area contributed by atoms with E-state index in [1.54, 1.807) is 11.3 Å². The van der Waals surface area contributed by atoms with Crippen LogP contribution in [0.15, 0.2) is 35.7 Å². The Hall–Kier alpha value is -1.36. The molecule has 1 aliphatic rings. The average Bonchev–Trinajstić information content (AvgIpc) is 2.86. The molecule has 1 aromatic carbocycles. The number of aryl methyl sites for hydroxylation is 1. The van der Waals surface area contributed by atoms with E-state index in [4.69, 9.17) is 11.6 Å². The van der Waals surface area contributed by atoms with Crippen LogP contribution in [0.5, 0.6) is 0 Å². The number of benzene rings is 1. The highest BCUT2D eigenvalue weighted by molar-refractivity contribution is 7.10. The van der Waals surface area contributed by atoms with Crippen molar-refractivity contribution in [1.29, 1.82) is 0 Å². The summed E-state index contributed by atoms with van der Waals surface area (Å²) in [6.07, 6.45) is 0.578. The second-order valence-electron chi connectivity index (χ2n) is 5.96. The Kier molecular flexibility index (Phi) is 5.36. The first-order chi connectivity index (χ1) is 11.1. The SMILES string of the molecule is Cc1ccsc1CN1CCC(=O)N(Cc2ccccc2Cl)CC1. The Bertz CT molecular complexity index is 685. The molecule has 5 heteroatoms. The third-order valence-corrected chi connectivity index (χ3v) is 5.71. The van der Waals surface area contributed by atoms with Gasteiger partial charge in [-0.05, 0) is 35.6 Å². The molecule has 0 spiro atoms. The number of carbonyl (C=O) groups excluding carboxylic acids is 1. The van der Waals surface area contributed by atoms with Crippen LogP contribution in [0, 0.1) is 6.92 Å². The van der Waals surface area contributed by atoms with Gasteiger partial charge in [0.15, 0.2) is 0 Å². The average molecular weight is 349 g/mol. The Morgan fingerprint density at radius 1 is 1.13 bits per heavy atom. The monoisotopic (exact) mass is 348 g/mol. The number of thiophene rings is 1. The summed E-state index contributed by atoms with van der Waals surface area (Å²) < 4.78 is 0. The predicted octanol–water partition coefficient (Wildman–Crippen LogP) is 3.94. The van der Waals surface area contributed by atoms with Gasteiger partial charge in [-0.3, -0.25) is 9.69 Å². The van der Waals surface area contributed by atoms with Crippen molar-refractivity contribution in [3.63, 3.8) is 0 Å². The smallest absolute Gasteiger partial charge is 0.224 e. The zero-order chi connectivity index (χ0) is 16.2. The molecule has 2 heterocycles. The molecule has 1 amide bonds. The van der Waals surface area contributed by atoms with Crippen LogP contribution >= 0.6 is 22.9 Å². The number of rotatable bonds is 4. The van der Waals surface area contributed by atoms with Gasteiger partial charge in [-0.25, -0.2) is 0 Å². The van der Waals surface area contributed by atoms with E-state index in [-0.39, 0.29) is 5.91 Å². The van der Waals surface area contributed by atoms with Crippen molar-refractivity contribution in [3.8, 4) is 0 Å². The maximum absolute atomic E-state index is 12.4. The van der Waals surface area contributed by atoms with Crippen molar-refractivity contribution >= 4 is 28.8 Å². The molecule has 2 aromatic rings. The lowest BCUT2D eigenvalue weighted by atomic mass is 10.2. The van der Waals surface area contributed by atoms with Crippen molar-refractivity contribution < 1.29 is 4.79 Å². The van der Waals surface area contributed by atoms with Gasteiger partial charge in [0, 0.05) is 49.0 Å². The Morgan fingerprint density at radius 3 is 2.70 bits per heavy atom. The summed E-state index contributed by atoms with van der Waals surface area (Å²) in [4.78, 5) is 18.1. The maximum atomic E-state index is 12.4. The number of amides is 1. The van der Waals surface area contributed by atoms with Crippen LogP contribution in [0.1, 0.15) is 22.4 Å². The van der Waals surface area contributed by atoms with Gasteiger partial charge in [0.2, 0.25) is 5.91 Å². The van der Waals surface area contributed by atoms with Gasteiger partial charge < -0.3 is 4.90 Å². The molecule has 0 saturated carbocycles. The van der Waals surface area contributed by atoms with Crippen molar-refractivity contribution in [2.75, 3.05) is 19.6 Å². The van der Waals surface area contributed by atoms with E-state index in [9.17, 15) is 4.79 Å². The van der Waals surface area contributed by atoms with Crippen molar-refractivity contribution in [2.45, 2.75) is 26.4 Å². The van der Waals surface area contributed by atoms with Crippen molar-refractivity contribution in [2.24, 2.45) is 0 Å². The summed E-state index contributed by atoms with van der Waals surface area (Å²) in [7, 11) is 0. The number of halogens is 1. The molecular weight excluding hydrogens is 328 g/mol. The van der Waals surface area contributed by atoms with E-state index >= 15 is 0 Å².